The lowest BCUT2D eigenvalue weighted by Crippen LogP contribution is -2.41. The van der Waals surface area contributed by atoms with E-state index in [-0.39, 0.29) is 30.0 Å². The van der Waals surface area contributed by atoms with Crippen LogP contribution in [0.15, 0.2) is 47.4 Å². The normalized spacial score (nSPS) is 15.8. The first-order valence-electron chi connectivity index (χ1n) is 10.1. The summed E-state index contributed by atoms with van der Waals surface area (Å²) in [6, 6.07) is 7.73. The van der Waals surface area contributed by atoms with E-state index in [1.54, 1.807) is 10.6 Å². The highest BCUT2D eigenvalue weighted by atomic mass is 19.4. The van der Waals surface area contributed by atoms with Crippen LogP contribution in [0.5, 0.6) is 17.4 Å². The van der Waals surface area contributed by atoms with Gasteiger partial charge < -0.3 is 14.4 Å². The number of anilines is 1. The summed E-state index contributed by atoms with van der Waals surface area (Å²) in [5.74, 6) is -0.428. The number of ether oxygens (including phenoxy) is 2. The lowest BCUT2D eigenvalue weighted by atomic mass is 10.1. The van der Waals surface area contributed by atoms with Crippen molar-refractivity contribution in [3.05, 3.63) is 70.2 Å². The first kappa shape index (κ1) is 22.6. The summed E-state index contributed by atoms with van der Waals surface area (Å²) in [5, 5.41) is 0. The second kappa shape index (κ2) is 8.72. The summed E-state index contributed by atoms with van der Waals surface area (Å²) >= 11 is 0. The molecule has 4 rings (SSSR count). The fraction of sp³-hybridized carbons (Fsp3) is 0.318. The van der Waals surface area contributed by atoms with Gasteiger partial charge in [0, 0.05) is 38.0 Å². The number of nitrogens with zero attached hydrogens (tertiary/aromatic N) is 4. The Morgan fingerprint density at radius 3 is 2.70 bits per heavy atom. The zero-order valence-electron chi connectivity index (χ0n) is 17.8. The minimum atomic E-state index is -4.64. The third kappa shape index (κ3) is 4.91. The van der Waals surface area contributed by atoms with Crippen LogP contribution in [0.25, 0.3) is 0 Å². The number of aromatic nitrogens is 3. The Labute approximate surface area is 186 Å². The maximum atomic E-state index is 14.5. The Hall–Kier alpha value is -3.63. The molecular formula is C22H20F4N4O3. The summed E-state index contributed by atoms with van der Waals surface area (Å²) in [5.41, 5.74) is -1.14. The van der Waals surface area contributed by atoms with Crippen molar-refractivity contribution in [3.8, 4) is 17.4 Å². The van der Waals surface area contributed by atoms with Crippen LogP contribution in [0.4, 0.5) is 23.4 Å². The van der Waals surface area contributed by atoms with Crippen molar-refractivity contribution in [1.29, 1.82) is 0 Å². The fourth-order valence-corrected chi connectivity index (χ4v) is 3.42. The van der Waals surface area contributed by atoms with Crippen molar-refractivity contribution in [2.75, 3.05) is 11.9 Å². The summed E-state index contributed by atoms with van der Waals surface area (Å²) in [4.78, 5) is 21.4. The molecule has 0 radical (unpaired) electrons. The predicted octanol–water partition coefficient (Wildman–Crippen LogP) is 4.40. The van der Waals surface area contributed by atoms with E-state index in [2.05, 4.69) is 16.9 Å². The van der Waals surface area contributed by atoms with Gasteiger partial charge in [-0.1, -0.05) is 6.07 Å². The van der Waals surface area contributed by atoms with E-state index in [1.807, 2.05) is 11.9 Å². The number of rotatable bonds is 5. The van der Waals surface area contributed by atoms with Gasteiger partial charge in [0.1, 0.15) is 23.9 Å². The number of fused-ring (bicyclic) bond motifs is 1. The molecule has 174 valence electrons. The van der Waals surface area contributed by atoms with E-state index >= 15 is 0 Å². The molecule has 2 aromatic heterocycles. The lowest BCUT2D eigenvalue weighted by molar-refractivity contribution is -0.141. The van der Waals surface area contributed by atoms with Crippen LogP contribution >= 0.6 is 0 Å². The smallest absolute Gasteiger partial charge is 0.433 e. The third-order valence-electron chi connectivity index (χ3n) is 5.39. The Balaban J connectivity index is 1.47. The van der Waals surface area contributed by atoms with E-state index in [9.17, 15) is 22.4 Å². The van der Waals surface area contributed by atoms with Crippen molar-refractivity contribution in [1.82, 2.24) is 14.5 Å². The summed E-state index contributed by atoms with van der Waals surface area (Å²) in [7, 11) is 1.88. The maximum absolute atomic E-state index is 14.5. The van der Waals surface area contributed by atoms with Gasteiger partial charge in [0.2, 0.25) is 5.88 Å². The van der Waals surface area contributed by atoms with Gasteiger partial charge >= 0.3 is 11.9 Å². The molecule has 7 nitrogen and oxygen atoms in total. The average Bonchev–Trinajstić information content (AvgIpc) is 2.76. The van der Waals surface area contributed by atoms with Gasteiger partial charge in [-0.05, 0) is 37.1 Å². The van der Waals surface area contributed by atoms with Crippen molar-refractivity contribution >= 4 is 5.82 Å². The van der Waals surface area contributed by atoms with E-state index in [4.69, 9.17) is 9.47 Å². The molecule has 0 unspecified atom stereocenters. The number of hydrogen-bond donors (Lipinski definition) is 0. The zero-order chi connectivity index (χ0) is 23.8. The second-order valence-electron chi connectivity index (χ2n) is 7.67. The molecule has 0 fully saturated rings. The van der Waals surface area contributed by atoms with Crippen LogP contribution in [0.1, 0.15) is 24.6 Å². The summed E-state index contributed by atoms with van der Waals surface area (Å²) in [6.07, 6.45) is -2.88. The molecule has 0 spiro atoms. The van der Waals surface area contributed by atoms with Crippen LogP contribution in [-0.4, -0.2) is 27.6 Å². The lowest BCUT2D eigenvalue weighted by Gasteiger charge is -2.34. The Bertz CT molecular complexity index is 1230. The molecule has 1 aliphatic heterocycles. The molecule has 3 aromatic rings. The first-order chi connectivity index (χ1) is 15.6. The van der Waals surface area contributed by atoms with E-state index in [0.29, 0.717) is 24.0 Å². The molecular weight excluding hydrogens is 444 g/mol. The number of halogens is 4. The molecule has 0 N–H and O–H groups in total. The van der Waals surface area contributed by atoms with E-state index in [1.165, 1.54) is 18.2 Å². The van der Waals surface area contributed by atoms with Gasteiger partial charge in [0.05, 0.1) is 0 Å². The molecule has 0 saturated carbocycles. The minimum Gasteiger partial charge on any atom is -0.473 e. The molecule has 1 aliphatic rings. The maximum Gasteiger partial charge on any atom is 0.433 e. The quantitative estimate of drug-likeness (QED) is 0.522. The van der Waals surface area contributed by atoms with Crippen LogP contribution in [0.2, 0.25) is 0 Å². The first-order valence-corrected chi connectivity index (χ1v) is 10.1. The van der Waals surface area contributed by atoms with Gasteiger partial charge in [0.25, 0.3) is 0 Å². The van der Waals surface area contributed by atoms with Gasteiger partial charge in [-0.25, -0.2) is 9.18 Å². The van der Waals surface area contributed by atoms with Gasteiger partial charge in [-0.15, -0.1) is 0 Å². The second-order valence-corrected chi connectivity index (χ2v) is 7.67. The zero-order valence-corrected chi connectivity index (χ0v) is 17.8. The molecule has 0 aliphatic carbocycles. The molecule has 0 amide bonds. The summed E-state index contributed by atoms with van der Waals surface area (Å²) < 4.78 is 65.3. The van der Waals surface area contributed by atoms with Crippen LogP contribution in [0.3, 0.4) is 0 Å². The van der Waals surface area contributed by atoms with Gasteiger partial charge in [-0.3, -0.25) is 9.55 Å². The van der Waals surface area contributed by atoms with Crippen molar-refractivity contribution in [2.45, 2.75) is 38.7 Å². The Morgan fingerprint density at radius 1 is 1.18 bits per heavy atom. The van der Waals surface area contributed by atoms with Crippen molar-refractivity contribution in [3.63, 3.8) is 0 Å². The molecule has 33 heavy (non-hydrogen) atoms. The molecule has 1 aromatic carbocycles. The SMILES string of the molecule is C[C@H]1CCn2c(cc(OCc3ccc(Oc4ccnc(C(F)(F)F)c4)c(F)c3)nc2=O)N1C. The number of alkyl halides is 3. The number of hydrogen-bond acceptors (Lipinski definition) is 6. The number of benzene rings is 1. The molecule has 0 saturated heterocycles. The standard InChI is InChI=1S/C22H20F4N4O3/c1-13-6-8-30-20(29(13)2)11-19(28-21(30)31)32-12-14-3-4-17(16(23)9-14)33-15-5-7-27-18(10-15)22(24,25)26/h3-5,7,9-11,13H,6,8,12H2,1-2H3/t13-/m0/s1. The predicted molar refractivity (Wildman–Crippen MR) is 111 cm³/mol. The fourth-order valence-electron chi connectivity index (χ4n) is 3.42. The van der Waals surface area contributed by atoms with Crippen LogP contribution in [-0.2, 0) is 19.3 Å². The number of pyridine rings is 1. The van der Waals surface area contributed by atoms with Gasteiger partial charge in [-0.2, -0.15) is 18.2 Å². The van der Waals surface area contributed by atoms with Crippen LogP contribution in [0, 0.1) is 5.82 Å². The van der Waals surface area contributed by atoms with Crippen LogP contribution < -0.4 is 20.1 Å². The average molecular weight is 464 g/mol. The Kier molecular flexibility index (Phi) is 5.96. The third-order valence-corrected chi connectivity index (χ3v) is 5.39. The topological polar surface area (TPSA) is 69.5 Å². The summed E-state index contributed by atoms with van der Waals surface area (Å²) in [6.45, 7) is 2.55. The highest BCUT2D eigenvalue weighted by Crippen LogP contribution is 2.32. The van der Waals surface area contributed by atoms with Crippen molar-refractivity contribution in [2.24, 2.45) is 0 Å². The minimum absolute atomic E-state index is 0.0696. The van der Waals surface area contributed by atoms with E-state index in [0.717, 1.165) is 18.7 Å². The molecule has 3 heterocycles. The van der Waals surface area contributed by atoms with E-state index < -0.39 is 23.4 Å². The van der Waals surface area contributed by atoms with Gasteiger partial charge in [0.15, 0.2) is 11.6 Å². The molecule has 11 heteroatoms. The highest BCUT2D eigenvalue weighted by molar-refractivity contribution is 5.44. The Morgan fingerprint density at radius 2 is 1.97 bits per heavy atom. The highest BCUT2D eigenvalue weighted by Gasteiger charge is 2.32. The molecule has 0 bridgehead atoms. The largest absolute Gasteiger partial charge is 0.473 e. The van der Waals surface area contributed by atoms with Crippen molar-refractivity contribution < 1.29 is 27.0 Å². The molecule has 1 atom stereocenters. The monoisotopic (exact) mass is 464 g/mol.